The van der Waals surface area contributed by atoms with E-state index in [2.05, 4.69) is 15.5 Å². The Hall–Kier alpha value is -1.95. The third-order valence-corrected chi connectivity index (χ3v) is 3.46. The number of hydrogen-bond acceptors (Lipinski definition) is 4. The van der Waals surface area contributed by atoms with Gasteiger partial charge in [0.05, 0.1) is 5.02 Å². The van der Waals surface area contributed by atoms with Crippen LogP contribution in [-0.4, -0.2) is 31.3 Å². The molecule has 0 amide bonds. The number of tetrazole rings is 1. The number of aliphatic carboxylic acids is 1. The number of carbonyl (C=O) groups is 1. The van der Waals surface area contributed by atoms with Crippen LogP contribution in [0, 0.1) is 6.92 Å². The predicted octanol–water partition coefficient (Wildman–Crippen LogP) is 2.12. The van der Waals surface area contributed by atoms with Gasteiger partial charge in [-0.3, -0.25) is 0 Å². The van der Waals surface area contributed by atoms with Gasteiger partial charge >= 0.3 is 5.97 Å². The van der Waals surface area contributed by atoms with Crippen molar-refractivity contribution in [1.82, 2.24) is 20.2 Å². The third kappa shape index (κ3) is 2.19. The molecule has 0 saturated heterocycles. The molecule has 1 N–H and O–H groups in total. The minimum absolute atomic E-state index is 0.334. The molecule has 0 fully saturated rings. The van der Waals surface area contributed by atoms with Crippen LogP contribution in [0.4, 0.5) is 0 Å². The Morgan fingerprint density at radius 1 is 1.42 bits per heavy atom. The summed E-state index contributed by atoms with van der Waals surface area (Å²) < 4.78 is 1.26. The molecule has 100 valence electrons. The number of hydrogen-bond donors (Lipinski definition) is 1. The fourth-order valence-corrected chi connectivity index (χ4v) is 1.85. The predicted molar refractivity (Wildman–Crippen MR) is 70.0 cm³/mol. The van der Waals surface area contributed by atoms with Gasteiger partial charge in [0.2, 0.25) is 0 Å². The van der Waals surface area contributed by atoms with E-state index in [1.54, 1.807) is 6.07 Å². The fourth-order valence-electron chi connectivity index (χ4n) is 1.64. The molecule has 19 heavy (non-hydrogen) atoms. The second kappa shape index (κ2) is 4.62. The summed E-state index contributed by atoms with van der Waals surface area (Å²) in [7, 11) is 0. The Bertz CT molecular complexity index is 636. The van der Waals surface area contributed by atoms with Gasteiger partial charge in [0.1, 0.15) is 0 Å². The highest BCUT2D eigenvalue weighted by atomic mass is 35.5. The Balaban J connectivity index is 2.63. The van der Waals surface area contributed by atoms with Crippen molar-refractivity contribution in [2.45, 2.75) is 26.3 Å². The first-order chi connectivity index (χ1) is 8.85. The van der Waals surface area contributed by atoms with Crippen molar-refractivity contribution in [3.05, 3.63) is 28.8 Å². The average molecular weight is 281 g/mol. The largest absolute Gasteiger partial charge is 0.479 e. The molecular formula is C12H13ClN4O2. The Kier molecular flexibility index (Phi) is 3.28. The van der Waals surface area contributed by atoms with Crippen molar-refractivity contribution >= 4 is 17.6 Å². The SMILES string of the molecule is Cc1cccc(-c2nnnn2C(C)(C)C(=O)O)c1Cl. The highest BCUT2D eigenvalue weighted by Gasteiger charge is 2.34. The van der Waals surface area contributed by atoms with Crippen LogP contribution in [0.25, 0.3) is 11.4 Å². The Morgan fingerprint density at radius 3 is 2.74 bits per heavy atom. The average Bonchev–Trinajstić information content (AvgIpc) is 2.82. The van der Waals surface area contributed by atoms with Crippen LogP contribution in [0.3, 0.4) is 0 Å². The van der Waals surface area contributed by atoms with Crippen LogP contribution < -0.4 is 0 Å². The van der Waals surface area contributed by atoms with E-state index in [1.807, 2.05) is 19.1 Å². The molecule has 0 saturated carbocycles. The van der Waals surface area contributed by atoms with Gasteiger partial charge in [0, 0.05) is 5.56 Å². The topological polar surface area (TPSA) is 80.9 Å². The number of nitrogens with zero attached hydrogens (tertiary/aromatic N) is 4. The van der Waals surface area contributed by atoms with Gasteiger partial charge in [0.15, 0.2) is 11.4 Å². The summed E-state index contributed by atoms with van der Waals surface area (Å²) in [5, 5.41) is 21.0. The summed E-state index contributed by atoms with van der Waals surface area (Å²) in [4.78, 5) is 11.3. The molecule has 0 aliphatic carbocycles. The number of halogens is 1. The molecule has 7 heteroatoms. The second-order valence-electron chi connectivity index (χ2n) is 4.71. The Labute approximate surface area is 115 Å². The lowest BCUT2D eigenvalue weighted by atomic mass is 10.1. The first-order valence-corrected chi connectivity index (χ1v) is 6.01. The van der Waals surface area contributed by atoms with E-state index in [0.717, 1.165) is 5.56 Å². The summed E-state index contributed by atoms with van der Waals surface area (Å²) in [6.45, 7) is 4.92. The first-order valence-electron chi connectivity index (χ1n) is 5.63. The van der Waals surface area contributed by atoms with E-state index in [-0.39, 0.29) is 0 Å². The summed E-state index contributed by atoms with van der Waals surface area (Å²) >= 11 is 6.23. The van der Waals surface area contributed by atoms with E-state index in [9.17, 15) is 9.90 Å². The molecule has 1 aromatic heterocycles. The van der Waals surface area contributed by atoms with Gasteiger partial charge in [-0.1, -0.05) is 23.7 Å². The normalized spacial score (nSPS) is 11.6. The molecular weight excluding hydrogens is 268 g/mol. The number of benzene rings is 1. The molecule has 0 bridgehead atoms. The maximum absolute atomic E-state index is 11.3. The molecule has 0 aliphatic rings. The van der Waals surface area contributed by atoms with Crippen LogP contribution in [0.5, 0.6) is 0 Å². The number of rotatable bonds is 3. The zero-order chi connectivity index (χ0) is 14.2. The highest BCUT2D eigenvalue weighted by Crippen LogP contribution is 2.30. The van der Waals surface area contributed by atoms with Gasteiger partial charge in [-0.25, -0.2) is 9.48 Å². The zero-order valence-corrected chi connectivity index (χ0v) is 11.5. The molecule has 0 radical (unpaired) electrons. The number of aromatic nitrogens is 4. The van der Waals surface area contributed by atoms with Crippen LogP contribution in [0.1, 0.15) is 19.4 Å². The quantitative estimate of drug-likeness (QED) is 0.931. The summed E-state index contributed by atoms with van der Waals surface area (Å²) in [5.74, 6) is -0.689. The maximum Gasteiger partial charge on any atom is 0.331 e. The molecule has 6 nitrogen and oxygen atoms in total. The van der Waals surface area contributed by atoms with E-state index < -0.39 is 11.5 Å². The van der Waals surface area contributed by atoms with Crippen molar-refractivity contribution < 1.29 is 9.90 Å². The van der Waals surface area contributed by atoms with E-state index in [1.165, 1.54) is 18.5 Å². The molecule has 1 heterocycles. The van der Waals surface area contributed by atoms with Crippen LogP contribution >= 0.6 is 11.6 Å². The number of carboxylic acid groups (broad SMARTS) is 1. The molecule has 0 spiro atoms. The van der Waals surface area contributed by atoms with Crippen LogP contribution in [0.2, 0.25) is 5.02 Å². The van der Waals surface area contributed by atoms with Crippen LogP contribution in [0.15, 0.2) is 18.2 Å². The summed E-state index contributed by atoms with van der Waals surface area (Å²) in [5.41, 5.74) is 0.231. The molecule has 0 unspecified atom stereocenters. The standard InChI is InChI=1S/C12H13ClN4O2/c1-7-5-4-6-8(9(7)13)10-14-15-16-17(10)12(2,3)11(18)19/h4-6H,1-3H3,(H,18,19). The number of carboxylic acids is 1. The summed E-state index contributed by atoms with van der Waals surface area (Å²) in [6, 6.07) is 5.45. The molecule has 2 rings (SSSR count). The van der Waals surface area contributed by atoms with Gasteiger partial charge in [-0.2, -0.15) is 0 Å². The Morgan fingerprint density at radius 2 is 2.11 bits per heavy atom. The van der Waals surface area contributed by atoms with Gasteiger partial charge in [0.25, 0.3) is 0 Å². The lowest BCUT2D eigenvalue weighted by molar-refractivity contribution is -0.146. The fraction of sp³-hybridized carbons (Fsp3) is 0.333. The molecule has 0 aliphatic heterocycles. The van der Waals surface area contributed by atoms with Crippen molar-refractivity contribution in [1.29, 1.82) is 0 Å². The van der Waals surface area contributed by atoms with Gasteiger partial charge < -0.3 is 5.11 Å². The second-order valence-corrected chi connectivity index (χ2v) is 5.09. The number of aryl methyl sites for hydroxylation is 1. The lowest BCUT2D eigenvalue weighted by Crippen LogP contribution is -2.37. The van der Waals surface area contributed by atoms with Gasteiger partial charge in [-0.15, -0.1) is 5.10 Å². The summed E-state index contributed by atoms with van der Waals surface area (Å²) in [6.07, 6.45) is 0. The van der Waals surface area contributed by atoms with Crippen molar-refractivity contribution in [2.75, 3.05) is 0 Å². The third-order valence-electron chi connectivity index (χ3n) is 2.96. The molecule has 0 atom stereocenters. The molecule has 1 aromatic carbocycles. The van der Waals surface area contributed by atoms with E-state index >= 15 is 0 Å². The maximum atomic E-state index is 11.3. The smallest absolute Gasteiger partial charge is 0.331 e. The van der Waals surface area contributed by atoms with Crippen LogP contribution in [-0.2, 0) is 10.3 Å². The van der Waals surface area contributed by atoms with Gasteiger partial charge in [-0.05, 0) is 42.8 Å². The lowest BCUT2D eigenvalue weighted by Gasteiger charge is -2.20. The van der Waals surface area contributed by atoms with Crippen molar-refractivity contribution in [3.8, 4) is 11.4 Å². The molecule has 2 aromatic rings. The minimum atomic E-state index is -1.26. The first kappa shape index (κ1) is 13.5. The van der Waals surface area contributed by atoms with Crippen molar-refractivity contribution in [2.24, 2.45) is 0 Å². The van der Waals surface area contributed by atoms with E-state index in [0.29, 0.717) is 16.4 Å². The zero-order valence-electron chi connectivity index (χ0n) is 10.8. The highest BCUT2D eigenvalue weighted by molar-refractivity contribution is 6.33. The van der Waals surface area contributed by atoms with Crippen molar-refractivity contribution in [3.63, 3.8) is 0 Å². The minimum Gasteiger partial charge on any atom is -0.479 e. The monoisotopic (exact) mass is 280 g/mol. The van der Waals surface area contributed by atoms with E-state index in [4.69, 9.17) is 11.6 Å².